The Morgan fingerprint density at radius 1 is 1.40 bits per heavy atom. The van der Waals surface area contributed by atoms with Crippen LogP contribution in [0.2, 0.25) is 0 Å². The molecule has 3 nitrogen and oxygen atoms in total. The fraction of sp³-hybridized carbons (Fsp3) is 0.625. The van der Waals surface area contributed by atoms with Crippen molar-refractivity contribution in [3.05, 3.63) is 39.4 Å². The van der Waals surface area contributed by atoms with Crippen LogP contribution in [0, 0.1) is 28.9 Å². The minimum atomic E-state index is -0.278. The summed E-state index contributed by atoms with van der Waals surface area (Å²) in [4.78, 5) is 11.3. The topological polar surface area (TPSA) is 43.1 Å². The van der Waals surface area contributed by atoms with Gasteiger partial charge in [-0.25, -0.2) is 0 Å². The monoisotopic (exact) mass is 339 g/mol. The van der Waals surface area contributed by atoms with Gasteiger partial charge in [0.05, 0.1) is 4.92 Å². The highest BCUT2D eigenvalue weighted by molar-refractivity contribution is 9.09. The van der Waals surface area contributed by atoms with Crippen LogP contribution in [0.25, 0.3) is 0 Å². The molecule has 0 saturated heterocycles. The molecule has 20 heavy (non-hydrogen) atoms. The number of alkyl halides is 1. The summed E-state index contributed by atoms with van der Waals surface area (Å²) in [5.74, 6) is 1.40. The number of hydrogen-bond donors (Lipinski definition) is 0. The first-order valence-corrected chi connectivity index (χ1v) is 8.31. The van der Waals surface area contributed by atoms with Crippen LogP contribution in [-0.4, -0.2) is 9.75 Å². The Morgan fingerprint density at radius 3 is 2.80 bits per heavy atom. The SMILES string of the molecule is CCC1CCC(Br)C(Cc2cccc([N+](=O)[O-])c2C)C1. The van der Waals surface area contributed by atoms with Crippen LogP contribution < -0.4 is 0 Å². The molecule has 2 rings (SSSR count). The minimum absolute atomic E-state index is 0.247. The molecule has 110 valence electrons. The van der Waals surface area contributed by atoms with E-state index < -0.39 is 0 Å². The quantitative estimate of drug-likeness (QED) is 0.438. The first-order valence-electron chi connectivity index (χ1n) is 7.39. The largest absolute Gasteiger partial charge is 0.272 e. The van der Waals surface area contributed by atoms with Gasteiger partial charge in [-0.1, -0.05) is 41.4 Å². The Bertz CT molecular complexity index is 489. The highest BCUT2D eigenvalue weighted by atomic mass is 79.9. The van der Waals surface area contributed by atoms with E-state index in [4.69, 9.17) is 0 Å². The maximum atomic E-state index is 11.0. The van der Waals surface area contributed by atoms with Gasteiger partial charge in [0.15, 0.2) is 0 Å². The zero-order valence-electron chi connectivity index (χ0n) is 12.1. The molecule has 0 N–H and O–H groups in total. The van der Waals surface area contributed by atoms with E-state index in [1.165, 1.54) is 25.7 Å². The predicted octanol–water partition coefficient (Wildman–Crippen LogP) is 5.04. The zero-order valence-corrected chi connectivity index (χ0v) is 13.7. The van der Waals surface area contributed by atoms with Crippen LogP contribution in [-0.2, 0) is 6.42 Å². The second-order valence-corrected chi connectivity index (χ2v) is 7.06. The third-order valence-corrected chi connectivity index (χ3v) is 5.88. The lowest BCUT2D eigenvalue weighted by Gasteiger charge is -2.33. The summed E-state index contributed by atoms with van der Waals surface area (Å²) in [6.45, 7) is 4.13. The molecule has 1 aromatic rings. The van der Waals surface area contributed by atoms with Crippen LogP contribution in [0.5, 0.6) is 0 Å². The Kier molecular flexibility index (Phi) is 5.19. The fourth-order valence-electron chi connectivity index (χ4n) is 3.28. The molecule has 4 heteroatoms. The summed E-state index contributed by atoms with van der Waals surface area (Å²) in [6.07, 6.45) is 5.94. The third kappa shape index (κ3) is 3.40. The number of hydrogen-bond acceptors (Lipinski definition) is 2. The minimum Gasteiger partial charge on any atom is -0.258 e. The summed E-state index contributed by atoms with van der Waals surface area (Å²) in [5.41, 5.74) is 2.21. The van der Waals surface area contributed by atoms with E-state index in [2.05, 4.69) is 22.9 Å². The highest BCUT2D eigenvalue weighted by Crippen LogP contribution is 2.38. The Hall–Kier alpha value is -0.900. The van der Waals surface area contributed by atoms with Crippen molar-refractivity contribution in [3.63, 3.8) is 0 Å². The molecular formula is C16H22BrNO2. The van der Waals surface area contributed by atoms with Crippen LogP contribution in [0.15, 0.2) is 18.2 Å². The van der Waals surface area contributed by atoms with Gasteiger partial charge in [0.2, 0.25) is 0 Å². The lowest BCUT2D eigenvalue weighted by atomic mass is 9.77. The molecule has 0 bridgehead atoms. The molecule has 1 aromatic carbocycles. The van der Waals surface area contributed by atoms with Gasteiger partial charge < -0.3 is 0 Å². The molecular weight excluding hydrogens is 318 g/mol. The summed E-state index contributed by atoms with van der Waals surface area (Å²) >= 11 is 3.81. The molecule has 1 fully saturated rings. The molecule has 0 aliphatic heterocycles. The number of nitro groups is 1. The van der Waals surface area contributed by atoms with Gasteiger partial charge in [-0.3, -0.25) is 10.1 Å². The van der Waals surface area contributed by atoms with Crippen LogP contribution in [0.3, 0.4) is 0 Å². The summed E-state index contributed by atoms with van der Waals surface area (Å²) in [6, 6.07) is 5.45. The average Bonchev–Trinajstić information content (AvgIpc) is 2.43. The summed E-state index contributed by atoms with van der Waals surface area (Å²) in [7, 11) is 0. The zero-order chi connectivity index (χ0) is 14.7. The van der Waals surface area contributed by atoms with Crippen molar-refractivity contribution in [2.45, 2.75) is 50.8 Å². The lowest BCUT2D eigenvalue weighted by Crippen LogP contribution is -2.26. The molecule has 1 aliphatic rings. The molecule has 0 aromatic heterocycles. The van der Waals surface area contributed by atoms with E-state index in [1.54, 1.807) is 6.07 Å². The molecule has 0 radical (unpaired) electrons. The van der Waals surface area contributed by atoms with E-state index in [-0.39, 0.29) is 10.6 Å². The number of benzene rings is 1. The van der Waals surface area contributed by atoms with Crippen LogP contribution >= 0.6 is 15.9 Å². The number of nitrogens with zero attached hydrogens (tertiary/aromatic N) is 1. The van der Waals surface area contributed by atoms with E-state index >= 15 is 0 Å². The van der Waals surface area contributed by atoms with Crippen LogP contribution in [0.4, 0.5) is 5.69 Å². The van der Waals surface area contributed by atoms with E-state index in [0.29, 0.717) is 10.7 Å². The van der Waals surface area contributed by atoms with Crippen molar-refractivity contribution < 1.29 is 4.92 Å². The van der Waals surface area contributed by atoms with E-state index in [0.717, 1.165) is 23.5 Å². The van der Waals surface area contributed by atoms with Crippen molar-refractivity contribution in [2.24, 2.45) is 11.8 Å². The van der Waals surface area contributed by atoms with Crippen molar-refractivity contribution in [1.29, 1.82) is 0 Å². The second kappa shape index (κ2) is 6.70. The molecule has 1 aliphatic carbocycles. The van der Waals surface area contributed by atoms with Crippen molar-refractivity contribution in [3.8, 4) is 0 Å². The number of rotatable bonds is 4. The summed E-state index contributed by atoms with van der Waals surface area (Å²) in [5, 5.41) is 11.0. The van der Waals surface area contributed by atoms with Crippen LogP contribution in [0.1, 0.15) is 43.7 Å². The van der Waals surface area contributed by atoms with E-state index in [1.807, 2.05) is 19.1 Å². The van der Waals surface area contributed by atoms with Gasteiger partial charge >= 0.3 is 0 Å². The van der Waals surface area contributed by atoms with Gasteiger partial charge in [0, 0.05) is 16.5 Å². The molecule has 3 unspecified atom stereocenters. The number of nitro benzene ring substituents is 1. The molecule has 0 amide bonds. The molecule has 1 saturated carbocycles. The second-order valence-electron chi connectivity index (χ2n) is 5.89. The van der Waals surface area contributed by atoms with Gasteiger partial charge in [-0.15, -0.1) is 0 Å². The lowest BCUT2D eigenvalue weighted by molar-refractivity contribution is -0.385. The van der Waals surface area contributed by atoms with Crippen molar-refractivity contribution in [2.75, 3.05) is 0 Å². The molecule has 0 heterocycles. The fourth-order valence-corrected chi connectivity index (χ4v) is 3.94. The average molecular weight is 340 g/mol. The Morgan fingerprint density at radius 2 is 2.15 bits per heavy atom. The smallest absolute Gasteiger partial charge is 0.258 e. The molecule has 3 atom stereocenters. The van der Waals surface area contributed by atoms with Gasteiger partial charge in [-0.2, -0.15) is 0 Å². The first-order chi connectivity index (χ1) is 9.52. The van der Waals surface area contributed by atoms with Crippen molar-refractivity contribution in [1.82, 2.24) is 0 Å². The van der Waals surface area contributed by atoms with Crippen molar-refractivity contribution >= 4 is 21.6 Å². The van der Waals surface area contributed by atoms with Gasteiger partial charge in [0.1, 0.15) is 0 Å². The highest BCUT2D eigenvalue weighted by Gasteiger charge is 2.29. The number of halogens is 1. The van der Waals surface area contributed by atoms with Gasteiger partial charge in [-0.05, 0) is 50.0 Å². The van der Waals surface area contributed by atoms with Gasteiger partial charge in [0.25, 0.3) is 5.69 Å². The maximum absolute atomic E-state index is 11.0. The maximum Gasteiger partial charge on any atom is 0.272 e. The Labute approximate surface area is 129 Å². The first kappa shape index (κ1) is 15.5. The standard InChI is InChI=1S/C16H22BrNO2/c1-3-12-7-8-15(17)14(9-12)10-13-5-4-6-16(11(13)2)18(19)20/h4-6,12,14-15H,3,7-10H2,1-2H3. The third-order valence-electron chi connectivity index (χ3n) is 4.67. The van der Waals surface area contributed by atoms with E-state index in [9.17, 15) is 10.1 Å². The predicted molar refractivity (Wildman–Crippen MR) is 85.4 cm³/mol. The normalized spacial score (nSPS) is 26.4. The summed E-state index contributed by atoms with van der Waals surface area (Å²) < 4.78 is 0. The Balaban J connectivity index is 2.16. The molecule has 0 spiro atoms.